The standard InChI is InChI=1S/C19H24BN3O3/c1-17(2)18(3,4)26-20(25-17)12-6-7-14-13(10-12)15-16(24)22(5)19(8-9-19)11-23(15)21-14/h6-7,10H,8-9,11H2,1-5H3. The van der Waals surface area contributed by atoms with Gasteiger partial charge in [0.15, 0.2) is 0 Å². The summed E-state index contributed by atoms with van der Waals surface area (Å²) < 4.78 is 14.2. The van der Waals surface area contributed by atoms with Crippen molar-refractivity contribution < 1.29 is 14.1 Å². The van der Waals surface area contributed by atoms with Crippen LogP contribution in [0.1, 0.15) is 51.0 Å². The molecule has 2 fully saturated rings. The number of nitrogens with zero attached hydrogens (tertiary/aromatic N) is 3. The summed E-state index contributed by atoms with van der Waals surface area (Å²) in [6.07, 6.45) is 2.12. The molecule has 1 saturated carbocycles. The van der Waals surface area contributed by atoms with Crippen LogP contribution in [0, 0.1) is 0 Å². The highest BCUT2D eigenvalue weighted by atomic mass is 16.7. The average Bonchev–Trinajstić information content (AvgIpc) is 3.17. The lowest BCUT2D eigenvalue weighted by molar-refractivity contribution is 0.00578. The van der Waals surface area contributed by atoms with Gasteiger partial charge in [-0.15, -0.1) is 0 Å². The summed E-state index contributed by atoms with van der Waals surface area (Å²) in [7, 11) is 1.47. The van der Waals surface area contributed by atoms with E-state index in [0.29, 0.717) is 5.69 Å². The van der Waals surface area contributed by atoms with Crippen LogP contribution in [-0.2, 0) is 15.9 Å². The van der Waals surface area contributed by atoms with Gasteiger partial charge in [0.2, 0.25) is 0 Å². The van der Waals surface area contributed by atoms with E-state index in [2.05, 4.69) is 5.10 Å². The number of benzene rings is 1. The monoisotopic (exact) mass is 353 g/mol. The molecule has 0 unspecified atom stereocenters. The van der Waals surface area contributed by atoms with Gasteiger partial charge >= 0.3 is 7.12 Å². The van der Waals surface area contributed by atoms with Gasteiger partial charge in [-0.3, -0.25) is 9.48 Å². The second kappa shape index (κ2) is 4.70. The molecule has 1 aromatic carbocycles. The predicted molar refractivity (Wildman–Crippen MR) is 99.5 cm³/mol. The van der Waals surface area contributed by atoms with E-state index in [1.165, 1.54) is 0 Å². The van der Waals surface area contributed by atoms with E-state index in [9.17, 15) is 4.79 Å². The maximum atomic E-state index is 13.0. The maximum Gasteiger partial charge on any atom is 0.494 e. The van der Waals surface area contributed by atoms with Crippen LogP contribution >= 0.6 is 0 Å². The molecule has 3 aliphatic rings. The van der Waals surface area contributed by atoms with Crippen molar-refractivity contribution in [2.75, 3.05) is 7.05 Å². The first-order chi connectivity index (χ1) is 12.1. The van der Waals surface area contributed by atoms with Crippen LogP contribution in [0.2, 0.25) is 0 Å². The van der Waals surface area contributed by atoms with E-state index in [1.807, 2.05) is 62.5 Å². The summed E-state index contributed by atoms with van der Waals surface area (Å²) in [6.45, 7) is 8.95. The van der Waals surface area contributed by atoms with Crippen LogP contribution in [0.4, 0.5) is 0 Å². The summed E-state index contributed by atoms with van der Waals surface area (Å²) >= 11 is 0. The van der Waals surface area contributed by atoms with Gasteiger partial charge in [0.05, 0.1) is 28.8 Å². The van der Waals surface area contributed by atoms with E-state index < -0.39 is 7.12 Å². The number of carbonyl (C=O) groups is 1. The number of rotatable bonds is 1. The highest BCUT2D eigenvalue weighted by Gasteiger charge is 2.54. The molecule has 5 rings (SSSR count). The van der Waals surface area contributed by atoms with E-state index in [4.69, 9.17) is 9.31 Å². The number of hydrogen-bond donors (Lipinski definition) is 0. The van der Waals surface area contributed by atoms with Crippen LogP contribution in [-0.4, -0.2) is 51.5 Å². The molecule has 3 heterocycles. The molecule has 1 saturated heterocycles. The Hall–Kier alpha value is -1.86. The van der Waals surface area contributed by atoms with E-state index >= 15 is 0 Å². The minimum atomic E-state index is -0.439. The summed E-state index contributed by atoms with van der Waals surface area (Å²) in [5.41, 5.74) is 1.66. The summed E-state index contributed by atoms with van der Waals surface area (Å²) in [6, 6.07) is 5.96. The number of fused-ring (bicyclic) bond motifs is 3. The average molecular weight is 353 g/mol. The van der Waals surface area contributed by atoms with Crippen LogP contribution in [0.3, 0.4) is 0 Å². The van der Waals surface area contributed by atoms with Gasteiger partial charge in [-0.05, 0) is 52.1 Å². The Kier molecular flexibility index (Phi) is 2.95. The molecule has 0 atom stereocenters. The molecule has 26 heavy (non-hydrogen) atoms. The van der Waals surface area contributed by atoms with E-state index in [-0.39, 0.29) is 22.6 Å². The third kappa shape index (κ3) is 2.01. The summed E-state index contributed by atoms with van der Waals surface area (Å²) in [5.74, 6) is 0.0577. The fraction of sp³-hybridized carbons (Fsp3) is 0.579. The van der Waals surface area contributed by atoms with Crippen molar-refractivity contribution in [3.63, 3.8) is 0 Å². The van der Waals surface area contributed by atoms with Crippen LogP contribution in [0.25, 0.3) is 10.9 Å². The van der Waals surface area contributed by atoms with Crippen LogP contribution in [0.15, 0.2) is 18.2 Å². The van der Waals surface area contributed by atoms with Crippen LogP contribution in [0.5, 0.6) is 0 Å². The quantitative estimate of drug-likeness (QED) is 0.736. The Morgan fingerprint density at radius 1 is 1.12 bits per heavy atom. The van der Waals surface area contributed by atoms with Gasteiger partial charge in [0, 0.05) is 12.4 Å². The van der Waals surface area contributed by atoms with Crippen molar-refractivity contribution in [3.8, 4) is 0 Å². The van der Waals surface area contributed by atoms with Gasteiger partial charge in [0.1, 0.15) is 5.69 Å². The first kappa shape index (κ1) is 16.3. The van der Waals surface area contributed by atoms with Gasteiger partial charge in [-0.1, -0.05) is 12.1 Å². The minimum Gasteiger partial charge on any atom is -0.399 e. The molecular weight excluding hydrogens is 329 g/mol. The smallest absolute Gasteiger partial charge is 0.399 e. The molecule has 0 radical (unpaired) electrons. The minimum absolute atomic E-state index is 0.0132. The molecule has 1 amide bonds. The van der Waals surface area contributed by atoms with Crippen molar-refractivity contribution >= 4 is 29.4 Å². The first-order valence-corrected chi connectivity index (χ1v) is 9.28. The fourth-order valence-corrected chi connectivity index (χ4v) is 4.01. The van der Waals surface area contributed by atoms with Crippen molar-refractivity contribution in [2.24, 2.45) is 0 Å². The largest absolute Gasteiger partial charge is 0.494 e. The molecule has 6 nitrogen and oxygen atoms in total. The van der Waals surface area contributed by atoms with E-state index in [1.54, 1.807) is 0 Å². The van der Waals surface area contributed by atoms with Gasteiger partial charge < -0.3 is 14.2 Å². The first-order valence-electron chi connectivity index (χ1n) is 9.28. The number of aromatic nitrogens is 2. The molecule has 1 aliphatic carbocycles. The number of amides is 1. The normalized spacial score (nSPS) is 25.2. The molecule has 2 aromatic rings. The molecule has 136 valence electrons. The van der Waals surface area contributed by atoms with Gasteiger partial charge in [0.25, 0.3) is 5.91 Å². The molecule has 1 aromatic heterocycles. The molecule has 2 aliphatic heterocycles. The number of carbonyl (C=O) groups excluding carboxylic acids is 1. The zero-order valence-corrected chi connectivity index (χ0v) is 16.0. The van der Waals surface area contributed by atoms with Crippen molar-refractivity contribution in [1.82, 2.24) is 14.7 Å². The third-order valence-electron chi connectivity index (χ3n) is 6.78. The number of likely N-dealkylation sites (N-methyl/N-ethyl adjacent to an activating group) is 1. The van der Waals surface area contributed by atoms with Crippen molar-refractivity contribution in [1.29, 1.82) is 0 Å². The highest BCUT2D eigenvalue weighted by molar-refractivity contribution is 6.62. The SMILES string of the molecule is CN1C(=O)c2c3cc(B4OC(C)(C)C(C)(C)O4)ccc3nn2CC12CC2. The third-order valence-corrected chi connectivity index (χ3v) is 6.78. The fourth-order valence-electron chi connectivity index (χ4n) is 4.01. The lowest BCUT2D eigenvalue weighted by Gasteiger charge is -2.33. The summed E-state index contributed by atoms with van der Waals surface area (Å²) in [5, 5.41) is 5.57. The zero-order valence-electron chi connectivity index (χ0n) is 16.0. The lowest BCUT2D eigenvalue weighted by Crippen LogP contribution is -2.47. The molecule has 0 bridgehead atoms. The summed E-state index contributed by atoms with van der Waals surface area (Å²) in [4.78, 5) is 14.9. The second-order valence-electron chi connectivity index (χ2n) is 8.96. The Balaban J connectivity index is 1.59. The Morgan fingerprint density at radius 3 is 2.38 bits per heavy atom. The Labute approximate surface area is 153 Å². The maximum absolute atomic E-state index is 13.0. The second-order valence-corrected chi connectivity index (χ2v) is 8.96. The highest BCUT2D eigenvalue weighted by Crippen LogP contribution is 2.46. The topological polar surface area (TPSA) is 56.6 Å². The number of hydrogen-bond acceptors (Lipinski definition) is 4. The predicted octanol–water partition coefficient (Wildman–Crippen LogP) is 1.95. The molecule has 7 heteroatoms. The van der Waals surface area contributed by atoms with Crippen LogP contribution < -0.4 is 5.46 Å². The van der Waals surface area contributed by atoms with Crippen molar-refractivity contribution in [2.45, 2.75) is 63.8 Å². The molecular formula is C19H24BN3O3. The van der Waals surface area contributed by atoms with Gasteiger partial charge in [-0.25, -0.2) is 0 Å². The zero-order chi connectivity index (χ0) is 18.5. The molecule has 0 N–H and O–H groups in total. The molecule has 1 spiro atoms. The Morgan fingerprint density at radius 2 is 1.77 bits per heavy atom. The van der Waals surface area contributed by atoms with Crippen molar-refractivity contribution in [3.05, 3.63) is 23.9 Å². The van der Waals surface area contributed by atoms with Gasteiger partial charge in [-0.2, -0.15) is 5.10 Å². The lowest BCUT2D eigenvalue weighted by atomic mass is 9.78. The van der Waals surface area contributed by atoms with E-state index in [0.717, 1.165) is 35.8 Å². The Bertz CT molecular complexity index is 929.